The van der Waals surface area contributed by atoms with E-state index in [-0.39, 0.29) is 42.5 Å². The molecule has 0 aliphatic rings. The normalized spacial score (nSPS) is 12.3. The van der Waals surface area contributed by atoms with Crippen molar-refractivity contribution in [3.8, 4) is 0 Å². The Hall–Kier alpha value is -5.06. The Labute approximate surface area is 261 Å². The Bertz CT molecular complexity index is 1880. The first kappa shape index (κ1) is 31.4. The summed E-state index contributed by atoms with van der Waals surface area (Å²) in [4.78, 5) is 51.7. The average Bonchev–Trinajstić information content (AvgIpc) is 3.39. The number of hydrogen-bond donors (Lipinski definition) is 1. The summed E-state index contributed by atoms with van der Waals surface area (Å²) in [5.74, 6) is 0.0588. The molecular formula is C34H38N6O5. The van der Waals surface area contributed by atoms with Gasteiger partial charge in [0.1, 0.15) is 22.5 Å². The van der Waals surface area contributed by atoms with Crippen LogP contribution in [0.5, 0.6) is 0 Å². The molecule has 5 rings (SSSR count). The van der Waals surface area contributed by atoms with Crippen molar-refractivity contribution >= 4 is 34.0 Å². The van der Waals surface area contributed by atoms with Crippen LogP contribution in [0, 0.1) is 6.92 Å². The summed E-state index contributed by atoms with van der Waals surface area (Å²) in [7, 11) is 0. The molecule has 3 heterocycles. The molecule has 1 atom stereocenters. The Morgan fingerprint density at radius 2 is 1.76 bits per heavy atom. The van der Waals surface area contributed by atoms with E-state index >= 15 is 0 Å². The number of amides is 2. The Morgan fingerprint density at radius 3 is 2.49 bits per heavy atom. The molecule has 0 saturated heterocycles. The van der Waals surface area contributed by atoms with E-state index in [1.807, 2.05) is 67.6 Å². The summed E-state index contributed by atoms with van der Waals surface area (Å²) in [5, 5.41) is 7.98. The van der Waals surface area contributed by atoms with Gasteiger partial charge < -0.3 is 19.5 Å². The van der Waals surface area contributed by atoms with E-state index in [9.17, 15) is 14.4 Å². The minimum Gasteiger partial charge on any atom is -0.444 e. The van der Waals surface area contributed by atoms with Crippen molar-refractivity contribution in [3.63, 3.8) is 0 Å². The van der Waals surface area contributed by atoms with E-state index in [1.165, 1.54) is 0 Å². The van der Waals surface area contributed by atoms with E-state index in [1.54, 1.807) is 43.2 Å². The van der Waals surface area contributed by atoms with Crippen LogP contribution in [-0.4, -0.2) is 55.3 Å². The van der Waals surface area contributed by atoms with Crippen LogP contribution in [0.3, 0.4) is 0 Å². The minimum atomic E-state index is -0.632. The lowest BCUT2D eigenvalue weighted by Crippen LogP contribution is -2.41. The number of carbonyl (C=O) groups excluding carboxylic acids is 2. The highest BCUT2D eigenvalue weighted by Gasteiger charge is 2.31. The van der Waals surface area contributed by atoms with Crippen molar-refractivity contribution in [2.75, 3.05) is 13.1 Å². The zero-order valence-corrected chi connectivity index (χ0v) is 26.2. The van der Waals surface area contributed by atoms with Crippen molar-refractivity contribution < 1.29 is 18.8 Å². The number of benzene rings is 2. The van der Waals surface area contributed by atoms with Crippen LogP contribution in [0.15, 0.2) is 76.0 Å². The highest BCUT2D eigenvalue weighted by molar-refractivity contribution is 5.95. The molecule has 0 aliphatic carbocycles. The van der Waals surface area contributed by atoms with Crippen LogP contribution in [0.1, 0.15) is 74.1 Å². The van der Waals surface area contributed by atoms with Gasteiger partial charge in [-0.2, -0.15) is 4.98 Å². The number of aryl methyl sites for hydroxylation is 1. The van der Waals surface area contributed by atoms with Crippen LogP contribution < -0.4 is 10.9 Å². The van der Waals surface area contributed by atoms with Gasteiger partial charge in [-0.3, -0.25) is 14.2 Å². The molecule has 0 aliphatic heterocycles. The first-order valence-corrected chi connectivity index (χ1v) is 15.1. The maximum absolute atomic E-state index is 14.3. The molecule has 45 heavy (non-hydrogen) atoms. The van der Waals surface area contributed by atoms with E-state index in [0.717, 1.165) is 10.9 Å². The summed E-state index contributed by atoms with van der Waals surface area (Å²) in [6, 6.07) is 20.1. The van der Waals surface area contributed by atoms with Gasteiger partial charge in [0, 0.05) is 18.5 Å². The fourth-order valence-corrected chi connectivity index (χ4v) is 5.28. The average molecular weight is 611 g/mol. The monoisotopic (exact) mass is 610 g/mol. The van der Waals surface area contributed by atoms with Crippen molar-refractivity contribution in [1.29, 1.82) is 0 Å². The Balaban J connectivity index is 1.55. The second kappa shape index (κ2) is 13.3. The molecule has 11 nitrogen and oxygen atoms in total. The largest absolute Gasteiger partial charge is 0.444 e. The minimum absolute atomic E-state index is 0.123. The first-order valence-electron chi connectivity index (χ1n) is 15.1. The predicted molar refractivity (Wildman–Crippen MR) is 171 cm³/mol. The Morgan fingerprint density at radius 1 is 1.02 bits per heavy atom. The Kier molecular flexibility index (Phi) is 9.26. The zero-order valence-electron chi connectivity index (χ0n) is 26.2. The number of aromatic nitrogens is 4. The highest BCUT2D eigenvalue weighted by Crippen LogP contribution is 2.27. The number of nitrogens with zero attached hydrogens (tertiary/aromatic N) is 5. The lowest BCUT2D eigenvalue weighted by molar-refractivity contribution is 0.0523. The molecular weight excluding hydrogens is 572 g/mol. The molecule has 0 fully saturated rings. The van der Waals surface area contributed by atoms with E-state index < -0.39 is 17.7 Å². The molecule has 3 aromatic heterocycles. The number of nitrogens with one attached hydrogen (secondary N) is 1. The van der Waals surface area contributed by atoms with Gasteiger partial charge in [-0.25, -0.2) is 9.78 Å². The number of ether oxygens (including phenoxy) is 1. The number of rotatable bonds is 10. The smallest absolute Gasteiger partial charge is 0.407 e. The maximum Gasteiger partial charge on any atom is 0.407 e. The van der Waals surface area contributed by atoms with Crippen LogP contribution in [-0.2, 0) is 11.3 Å². The van der Waals surface area contributed by atoms with Crippen molar-refractivity contribution in [2.45, 2.75) is 65.6 Å². The number of para-hydroxylation sites is 1. The second-order valence-corrected chi connectivity index (χ2v) is 11.9. The molecule has 2 aromatic carbocycles. The van der Waals surface area contributed by atoms with Gasteiger partial charge in [-0.1, -0.05) is 66.7 Å². The van der Waals surface area contributed by atoms with E-state index in [2.05, 4.69) is 15.5 Å². The van der Waals surface area contributed by atoms with E-state index in [4.69, 9.17) is 14.2 Å². The summed E-state index contributed by atoms with van der Waals surface area (Å²) >= 11 is 0. The molecule has 11 heteroatoms. The third-order valence-electron chi connectivity index (χ3n) is 7.36. The van der Waals surface area contributed by atoms with E-state index in [0.29, 0.717) is 35.3 Å². The number of carbonyl (C=O) groups is 2. The van der Waals surface area contributed by atoms with Crippen LogP contribution in [0.2, 0.25) is 0 Å². The van der Waals surface area contributed by atoms with Crippen LogP contribution >= 0.6 is 0 Å². The lowest BCUT2D eigenvalue weighted by atomic mass is 10.1. The molecule has 2 amide bonds. The third kappa shape index (κ3) is 7.19. The highest BCUT2D eigenvalue weighted by atomic mass is 16.6. The van der Waals surface area contributed by atoms with Crippen LogP contribution in [0.25, 0.3) is 22.0 Å². The molecule has 1 N–H and O–H groups in total. The second-order valence-electron chi connectivity index (χ2n) is 11.9. The van der Waals surface area contributed by atoms with Gasteiger partial charge in [0.2, 0.25) is 0 Å². The SMILES string of the molecule is CCC(c1nc2onc(C)c2c(=O)n1Cc1ccccc1)N(CCCNC(=O)OC(C)(C)C)C(=O)c1ccc2ccccc2n1. The molecule has 0 bridgehead atoms. The molecule has 1 unspecified atom stereocenters. The number of fused-ring (bicyclic) bond motifs is 2. The maximum atomic E-state index is 14.3. The summed E-state index contributed by atoms with van der Waals surface area (Å²) in [6.07, 6.45) is 0.327. The summed E-state index contributed by atoms with van der Waals surface area (Å²) < 4.78 is 12.4. The number of pyridine rings is 1. The molecule has 0 spiro atoms. The number of hydrogen-bond acceptors (Lipinski definition) is 8. The van der Waals surface area contributed by atoms with Crippen molar-refractivity contribution in [3.05, 3.63) is 99.9 Å². The summed E-state index contributed by atoms with van der Waals surface area (Å²) in [6.45, 7) is 9.79. The van der Waals surface area contributed by atoms with Gasteiger partial charge in [-0.15, -0.1) is 0 Å². The van der Waals surface area contributed by atoms with Crippen molar-refractivity contribution in [1.82, 2.24) is 29.9 Å². The fraction of sp³-hybridized carbons (Fsp3) is 0.353. The van der Waals surface area contributed by atoms with Crippen molar-refractivity contribution in [2.24, 2.45) is 0 Å². The molecule has 0 radical (unpaired) electrons. The molecule has 234 valence electrons. The first-order chi connectivity index (χ1) is 21.6. The quantitative estimate of drug-likeness (QED) is 0.196. The number of alkyl carbamates (subject to hydrolysis) is 1. The third-order valence-corrected chi connectivity index (χ3v) is 7.36. The summed E-state index contributed by atoms with van der Waals surface area (Å²) in [5.41, 5.74) is 1.51. The standard InChI is InChI=1S/C34H38N6O5/c1-6-27(29-37-30-28(22(2)38-45-30)32(42)40(29)21-23-13-8-7-9-14-23)39(20-12-19-35-33(43)44-34(3,4)5)31(41)26-18-17-24-15-10-11-16-25(24)36-26/h7-11,13-18,27H,6,12,19-21H2,1-5H3,(H,35,43). The topological polar surface area (TPSA) is 132 Å². The zero-order chi connectivity index (χ0) is 32.1. The van der Waals surface area contributed by atoms with Crippen LogP contribution in [0.4, 0.5) is 4.79 Å². The predicted octanol–water partition coefficient (Wildman–Crippen LogP) is 5.80. The van der Waals surface area contributed by atoms with Gasteiger partial charge >= 0.3 is 6.09 Å². The van der Waals surface area contributed by atoms with Gasteiger partial charge in [0.25, 0.3) is 17.2 Å². The van der Waals surface area contributed by atoms with Gasteiger partial charge in [-0.05, 0) is 58.2 Å². The fourth-order valence-electron chi connectivity index (χ4n) is 5.28. The van der Waals surface area contributed by atoms with Gasteiger partial charge in [0.05, 0.1) is 23.8 Å². The lowest BCUT2D eigenvalue weighted by Gasteiger charge is -2.32. The molecule has 0 saturated carbocycles. The molecule has 5 aromatic rings. The van der Waals surface area contributed by atoms with Gasteiger partial charge in [0.15, 0.2) is 0 Å².